The summed E-state index contributed by atoms with van der Waals surface area (Å²) in [5, 5.41) is 9.66. The molecular weight excluding hydrogens is 404 g/mol. The van der Waals surface area contributed by atoms with Crippen LogP contribution >= 0.6 is 0 Å². The summed E-state index contributed by atoms with van der Waals surface area (Å²) in [6, 6.07) is 23.3. The van der Waals surface area contributed by atoms with Crippen LogP contribution in [-0.2, 0) is 4.79 Å². The molecule has 0 bridgehead atoms. The highest BCUT2D eigenvalue weighted by Crippen LogP contribution is 2.26. The maximum atomic E-state index is 12.9. The van der Waals surface area contributed by atoms with Crippen LogP contribution in [0.25, 0.3) is 0 Å². The van der Waals surface area contributed by atoms with Gasteiger partial charge < -0.3 is 19.6 Å². The molecule has 1 aliphatic heterocycles. The molecule has 0 atom stereocenters. The number of phenols is 1. The van der Waals surface area contributed by atoms with Gasteiger partial charge in [-0.3, -0.25) is 9.59 Å². The number of rotatable bonds is 5. The standard InChI is InChI=1S/C26H26N2O4/c1-27(21-6-5-7-22(29)18-21)25(30)20-14-16-28(17-15-20)26(31)19-10-12-24(13-11-19)32-23-8-3-2-4-9-23/h2-13,18,20,29H,14-17H2,1H3. The molecule has 1 aliphatic rings. The van der Waals surface area contributed by atoms with E-state index in [0.29, 0.717) is 42.9 Å². The highest BCUT2D eigenvalue weighted by Gasteiger charge is 2.30. The monoisotopic (exact) mass is 430 g/mol. The number of nitrogens with zero attached hydrogens (tertiary/aromatic N) is 2. The van der Waals surface area contributed by atoms with Crippen LogP contribution in [0.4, 0.5) is 5.69 Å². The number of carbonyl (C=O) groups is 2. The lowest BCUT2D eigenvalue weighted by Crippen LogP contribution is -2.43. The number of likely N-dealkylation sites (tertiary alicyclic amines) is 1. The number of para-hydroxylation sites is 1. The van der Waals surface area contributed by atoms with Crippen molar-refractivity contribution in [2.24, 2.45) is 5.92 Å². The summed E-state index contributed by atoms with van der Waals surface area (Å²) in [6.07, 6.45) is 1.23. The Morgan fingerprint density at radius 1 is 0.906 bits per heavy atom. The van der Waals surface area contributed by atoms with Gasteiger partial charge in [0, 0.05) is 43.4 Å². The van der Waals surface area contributed by atoms with Gasteiger partial charge in [-0.25, -0.2) is 0 Å². The van der Waals surface area contributed by atoms with Crippen LogP contribution < -0.4 is 9.64 Å². The molecule has 1 heterocycles. The molecule has 0 spiro atoms. The highest BCUT2D eigenvalue weighted by atomic mass is 16.5. The Labute approximate surface area is 187 Å². The largest absolute Gasteiger partial charge is 0.508 e. The topological polar surface area (TPSA) is 70.1 Å². The lowest BCUT2D eigenvalue weighted by atomic mass is 9.94. The number of piperidine rings is 1. The minimum Gasteiger partial charge on any atom is -0.508 e. The summed E-state index contributed by atoms with van der Waals surface area (Å²) in [6.45, 7) is 1.07. The predicted octanol–water partition coefficient (Wildman–Crippen LogP) is 4.70. The third kappa shape index (κ3) is 4.91. The second-order valence-electron chi connectivity index (χ2n) is 7.92. The fraction of sp³-hybridized carbons (Fsp3) is 0.231. The smallest absolute Gasteiger partial charge is 0.253 e. The SMILES string of the molecule is CN(C(=O)C1CCN(C(=O)c2ccc(Oc3ccccc3)cc2)CC1)c1cccc(O)c1. The zero-order chi connectivity index (χ0) is 22.5. The number of amides is 2. The Morgan fingerprint density at radius 2 is 1.56 bits per heavy atom. The molecule has 0 radical (unpaired) electrons. The summed E-state index contributed by atoms with van der Waals surface area (Å²) in [7, 11) is 1.72. The van der Waals surface area contributed by atoms with Crippen molar-refractivity contribution in [2.45, 2.75) is 12.8 Å². The van der Waals surface area contributed by atoms with Crippen molar-refractivity contribution >= 4 is 17.5 Å². The second kappa shape index (κ2) is 9.56. The first-order valence-corrected chi connectivity index (χ1v) is 10.7. The minimum atomic E-state index is -0.145. The van der Waals surface area contributed by atoms with Gasteiger partial charge in [0.1, 0.15) is 17.2 Å². The van der Waals surface area contributed by atoms with E-state index in [1.54, 1.807) is 65.4 Å². The molecule has 6 nitrogen and oxygen atoms in total. The van der Waals surface area contributed by atoms with E-state index in [1.165, 1.54) is 0 Å². The fourth-order valence-electron chi connectivity index (χ4n) is 3.91. The molecule has 1 fully saturated rings. The van der Waals surface area contributed by atoms with E-state index in [4.69, 9.17) is 4.74 Å². The van der Waals surface area contributed by atoms with Crippen LogP contribution in [-0.4, -0.2) is 42.0 Å². The van der Waals surface area contributed by atoms with Gasteiger partial charge >= 0.3 is 0 Å². The third-order valence-corrected chi connectivity index (χ3v) is 5.76. The van der Waals surface area contributed by atoms with Crippen molar-refractivity contribution in [2.75, 3.05) is 25.0 Å². The predicted molar refractivity (Wildman–Crippen MR) is 123 cm³/mol. The normalized spacial score (nSPS) is 14.1. The summed E-state index contributed by atoms with van der Waals surface area (Å²) in [5.74, 6) is 1.37. The number of hydrogen-bond acceptors (Lipinski definition) is 4. The first-order valence-electron chi connectivity index (χ1n) is 10.7. The minimum absolute atomic E-state index is 0.00473. The van der Waals surface area contributed by atoms with Gasteiger partial charge in [0.25, 0.3) is 5.91 Å². The average molecular weight is 431 g/mol. The van der Waals surface area contributed by atoms with E-state index in [-0.39, 0.29) is 23.5 Å². The van der Waals surface area contributed by atoms with Crippen LogP contribution in [0.2, 0.25) is 0 Å². The zero-order valence-electron chi connectivity index (χ0n) is 18.0. The quantitative estimate of drug-likeness (QED) is 0.637. The molecular formula is C26H26N2O4. The van der Waals surface area contributed by atoms with E-state index in [1.807, 2.05) is 30.3 Å². The van der Waals surface area contributed by atoms with Crippen molar-refractivity contribution in [1.29, 1.82) is 0 Å². The Morgan fingerprint density at radius 3 is 2.22 bits per heavy atom. The maximum absolute atomic E-state index is 12.9. The molecule has 0 aromatic heterocycles. The maximum Gasteiger partial charge on any atom is 0.253 e. The van der Waals surface area contributed by atoms with Crippen molar-refractivity contribution in [3.63, 3.8) is 0 Å². The molecule has 3 aromatic rings. The Kier molecular flexibility index (Phi) is 6.40. The van der Waals surface area contributed by atoms with Crippen molar-refractivity contribution in [3.05, 3.63) is 84.4 Å². The van der Waals surface area contributed by atoms with Gasteiger partial charge in [0.05, 0.1) is 0 Å². The van der Waals surface area contributed by atoms with Crippen LogP contribution in [0, 0.1) is 5.92 Å². The number of anilines is 1. The molecule has 0 saturated carbocycles. The molecule has 1 N–H and O–H groups in total. The third-order valence-electron chi connectivity index (χ3n) is 5.76. The molecule has 0 unspecified atom stereocenters. The van der Waals surface area contributed by atoms with Gasteiger partial charge in [-0.15, -0.1) is 0 Å². The van der Waals surface area contributed by atoms with Crippen LogP contribution in [0.5, 0.6) is 17.2 Å². The summed E-state index contributed by atoms with van der Waals surface area (Å²) in [4.78, 5) is 29.1. The van der Waals surface area contributed by atoms with E-state index in [9.17, 15) is 14.7 Å². The molecule has 32 heavy (non-hydrogen) atoms. The fourth-order valence-corrected chi connectivity index (χ4v) is 3.91. The van der Waals surface area contributed by atoms with E-state index in [0.717, 1.165) is 5.75 Å². The van der Waals surface area contributed by atoms with Gasteiger partial charge in [-0.05, 0) is 61.4 Å². The Balaban J connectivity index is 1.32. The first-order chi connectivity index (χ1) is 15.5. The molecule has 164 valence electrons. The Bertz CT molecular complexity index is 1070. The highest BCUT2D eigenvalue weighted by molar-refractivity contribution is 5.96. The van der Waals surface area contributed by atoms with Gasteiger partial charge in [0.15, 0.2) is 0 Å². The second-order valence-corrected chi connectivity index (χ2v) is 7.92. The van der Waals surface area contributed by atoms with Crippen molar-refractivity contribution < 1.29 is 19.4 Å². The van der Waals surface area contributed by atoms with E-state index in [2.05, 4.69) is 0 Å². The molecule has 1 saturated heterocycles. The van der Waals surface area contributed by atoms with E-state index < -0.39 is 0 Å². The molecule has 3 aromatic carbocycles. The van der Waals surface area contributed by atoms with Crippen molar-refractivity contribution in [1.82, 2.24) is 4.90 Å². The molecule has 0 aliphatic carbocycles. The summed E-state index contributed by atoms with van der Waals surface area (Å²) in [5.41, 5.74) is 1.26. The number of carbonyl (C=O) groups excluding carboxylic acids is 2. The first kappa shape index (κ1) is 21.4. The molecule has 6 heteroatoms. The van der Waals surface area contributed by atoms with E-state index >= 15 is 0 Å². The average Bonchev–Trinajstić information content (AvgIpc) is 2.84. The van der Waals surface area contributed by atoms with Crippen LogP contribution in [0.1, 0.15) is 23.2 Å². The zero-order valence-corrected chi connectivity index (χ0v) is 18.0. The van der Waals surface area contributed by atoms with Gasteiger partial charge in [-0.2, -0.15) is 0 Å². The van der Waals surface area contributed by atoms with Crippen molar-refractivity contribution in [3.8, 4) is 17.2 Å². The van der Waals surface area contributed by atoms with Gasteiger partial charge in [-0.1, -0.05) is 24.3 Å². The number of hydrogen-bond donors (Lipinski definition) is 1. The molecule has 2 amide bonds. The lowest BCUT2D eigenvalue weighted by molar-refractivity contribution is -0.123. The summed E-state index contributed by atoms with van der Waals surface area (Å²) >= 11 is 0. The summed E-state index contributed by atoms with van der Waals surface area (Å²) < 4.78 is 5.78. The Hall–Kier alpha value is -3.80. The molecule has 4 rings (SSSR count). The van der Waals surface area contributed by atoms with Gasteiger partial charge in [0.2, 0.25) is 5.91 Å². The van der Waals surface area contributed by atoms with Crippen LogP contribution in [0.15, 0.2) is 78.9 Å². The number of aromatic hydroxyl groups is 1. The number of benzene rings is 3. The lowest BCUT2D eigenvalue weighted by Gasteiger charge is -2.33. The number of ether oxygens (including phenoxy) is 1. The van der Waals surface area contributed by atoms with Crippen LogP contribution in [0.3, 0.4) is 0 Å². The number of phenolic OH excluding ortho intramolecular Hbond substituents is 1.